The van der Waals surface area contributed by atoms with Gasteiger partial charge in [0, 0.05) is 39.0 Å². The first-order valence-corrected chi connectivity index (χ1v) is 34.4. The van der Waals surface area contributed by atoms with Gasteiger partial charge in [0.25, 0.3) is 0 Å². The maximum Gasteiger partial charge on any atom is 0.163 e. The molecule has 98 heavy (non-hydrogen) atoms. The zero-order valence-corrected chi connectivity index (χ0v) is 56.1. The number of hydrogen-bond acceptors (Lipinski definition) is 6. The lowest BCUT2D eigenvalue weighted by molar-refractivity contribution is 0.514. The molecule has 0 spiro atoms. The van der Waals surface area contributed by atoms with Gasteiger partial charge in [-0.15, -0.1) is 0 Å². The van der Waals surface area contributed by atoms with Crippen LogP contribution in [0.4, 0.5) is 0 Å². The van der Waals surface area contributed by atoms with Crippen LogP contribution in [0.3, 0.4) is 0 Å². The van der Waals surface area contributed by atoms with Crippen LogP contribution in [-0.2, 0) is 27.1 Å². The topological polar surface area (TPSA) is 77.3 Å². The summed E-state index contributed by atoms with van der Waals surface area (Å²) in [4.78, 5) is 33.9. The minimum atomic E-state index is -0.841. The lowest BCUT2D eigenvalue weighted by Gasteiger charge is -2.54. The zero-order valence-electron chi connectivity index (χ0n) is 56.1. The Bertz CT molecular complexity index is 5340. The molecule has 0 fully saturated rings. The molecule has 2 aromatic heterocycles. The second-order valence-corrected chi connectivity index (χ2v) is 29.0. The quantitative estimate of drug-likeness (QED) is 0.136. The first kappa shape index (κ1) is 59.2. The molecule has 0 amide bonds. The molecule has 1 unspecified atom stereocenters. The molecule has 4 bridgehead atoms. The standard InChI is InChI=1S/C92H72N6/c1-57-67-30-11-16-35-72(67)91(73-36-17-13-32-69(73)81(57)70-33-14-18-37-74(70)91)86-95-83(61-48-52-65(53-49-61)88(2,3)4)93-84(96-86)62-50-54-66(55-51-62)89(5,6)71-34-15-12-31-68(71)63-28-25-29-64(56-63)85-94-82(60-46-44-59(45-47-60)58-26-9-8-10-27-58)97-87(98-85)92-78-41-22-19-38-75(78)90(7,76-39-20-23-42-79(76)92)77-40-21-24-43-80(77)92/h8-57,81H,1-7H3. The van der Waals surface area contributed by atoms with Gasteiger partial charge in [0.15, 0.2) is 34.9 Å². The summed E-state index contributed by atoms with van der Waals surface area (Å²) in [5.74, 6) is 4.29. The number of nitrogens with zero attached hydrogens (tertiary/aromatic N) is 6. The second kappa shape index (κ2) is 22.1. The fourth-order valence-electron chi connectivity index (χ4n) is 17.6. The van der Waals surface area contributed by atoms with Crippen LogP contribution in [0.15, 0.2) is 297 Å². The van der Waals surface area contributed by atoms with E-state index in [4.69, 9.17) is 29.9 Å². The van der Waals surface area contributed by atoms with Gasteiger partial charge in [-0.05, 0) is 130 Å². The third kappa shape index (κ3) is 8.65. The van der Waals surface area contributed by atoms with E-state index in [2.05, 4.69) is 346 Å². The Morgan fingerprint density at radius 3 is 1.13 bits per heavy atom. The molecular weight excluding hydrogens is 1190 g/mol. The van der Waals surface area contributed by atoms with Crippen LogP contribution in [0, 0.1) is 0 Å². The van der Waals surface area contributed by atoms with Crippen LogP contribution in [0.1, 0.15) is 155 Å². The largest absolute Gasteiger partial charge is 0.211 e. The van der Waals surface area contributed by atoms with Crippen LogP contribution in [0.2, 0.25) is 0 Å². The molecule has 6 heteroatoms. The van der Waals surface area contributed by atoms with Crippen LogP contribution >= 0.6 is 0 Å². The summed E-state index contributed by atoms with van der Waals surface area (Å²) in [5, 5.41) is 0. The van der Waals surface area contributed by atoms with Crippen LogP contribution in [-0.4, -0.2) is 29.9 Å². The summed E-state index contributed by atoms with van der Waals surface area (Å²) in [6, 6.07) is 109. The first-order valence-electron chi connectivity index (χ1n) is 34.4. The summed E-state index contributed by atoms with van der Waals surface area (Å²) in [7, 11) is 0. The lowest BCUT2D eigenvalue weighted by Crippen LogP contribution is -2.50. The average molecular weight is 1260 g/mol. The summed E-state index contributed by atoms with van der Waals surface area (Å²) < 4.78 is 0. The van der Waals surface area contributed by atoms with Crippen molar-refractivity contribution in [1.82, 2.24) is 29.9 Å². The first-order chi connectivity index (χ1) is 47.7. The molecule has 12 aromatic carbocycles. The normalized spacial score (nSPS) is 19.1. The van der Waals surface area contributed by atoms with Gasteiger partial charge in [-0.2, -0.15) is 0 Å². The van der Waals surface area contributed by atoms with E-state index < -0.39 is 16.2 Å². The van der Waals surface area contributed by atoms with Gasteiger partial charge < -0.3 is 0 Å². The van der Waals surface area contributed by atoms with E-state index in [1.165, 1.54) is 77.9 Å². The molecule has 14 aromatic rings. The van der Waals surface area contributed by atoms with Crippen LogP contribution in [0.25, 0.3) is 67.8 Å². The Kier molecular flexibility index (Phi) is 13.3. The fraction of sp³-hybridized carbons (Fsp3) is 0.152. The number of hydrogen-bond donors (Lipinski definition) is 0. The molecule has 0 saturated heterocycles. The lowest BCUT2D eigenvalue weighted by atomic mass is 9.47. The second-order valence-electron chi connectivity index (χ2n) is 29.0. The fourth-order valence-corrected chi connectivity index (χ4v) is 17.6. The van der Waals surface area contributed by atoms with Crippen molar-refractivity contribution in [2.24, 2.45) is 0 Å². The molecule has 6 aliphatic carbocycles. The minimum Gasteiger partial charge on any atom is -0.211 e. The van der Waals surface area contributed by atoms with E-state index in [1.807, 2.05) is 0 Å². The zero-order chi connectivity index (χ0) is 66.3. The van der Waals surface area contributed by atoms with Crippen molar-refractivity contribution in [3.8, 4) is 67.8 Å². The van der Waals surface area contributed by atoms with Gasteiger partial charge in [-0.1, -0.05) is 333 Å². The van der Waals surface area contributed by atoms with Gasteiger partial charge in [0.05, 0.1) is 0 Å². The molecular formula is C92H72N6. The highest BCUT2D eigenvalue weighted by Gasteiger charge is 2.59. The number of rotatable bonds is 10. The highest BCUT2D eigenvalue weighted by molar-refractivity contribution is 5.81. The molecule has 0 saturated carbocycles. The molecule has 6 aliphatic rings. The Labute approximate surface area is 574 Å². The molecule has 0 aliphatic heterocycles. The molecule has 0 N–H and O–H groups in total. The predicted molar refractivity (Wildman–Crippen MR) is 396 cm³/mol. The van der Waals surface area contributed by atoms with Crippen LogP contribution in [0.5, 0.6) is 0 Å². The maximum absolute atomic E-state index is 5.77. The van der Waals surface area contributed by atoms with Gasteiger partial charge in [-0.25, -0.2) is 29.9 Å². The van der Waals surface area contributed by atoms with Crippen molar-refractivity contribution in [3.63, 3.8) is 0 Å². The van der Waals surface area contributed by atoms with Crippen LogP contribution < -0.4 is 0 Å². The number of benzene rings is 12. The third-order valence-corrected chi connectivity index (χ3v) is 22.5. The van der Waals surface area contributed by atoms with Crippen molar-refractivity contribution in [3.05, 3.63) is 392 Å². The SMILES string of the molecule is CC1c2ccccc2C2(c3nc(-c4ccc(C(C)(C)C)cc4)nc(-c4ccc(C(C)(C)c5ccccc5-c5cccc(-c6nc(-c7ccc(-c8ccccc8)cc7)nc(C78c9ccccc9C(C)(c9ccccc97)c7ccccc78)n6)c5)cc4)n3)c3ccccc3C1c1ccccc12. The van der Waals surface area contributed by atoms with Gasteiger partial charge in [0.2, 0.25) is 0 Å². The molecule has 20 rings (SSSR count). The van der Waals surface area contributed by atoms with Gasteiger partial charge in [0.1, 0.15) is 10.8 Å². The molecule has 2 heterocycles. The van der Waals surface area contributed by atoms with Gasteiger partial charge in [-0.3, -0.25) is 0 Å². The van der Waals surface area contributed by atoms with E-state index in [9.17, 15) is 0 Å². The summed E-state index contributed by atoms with van der Waals surface area (Å²) in [6.07, 6.45) is 0. The molecule has 6 nitrogen and oxygen atoms in total. The molecule has 1 atom stereocenters. The molecule has 0 radical (unpaired) electrons. The van der Waals surface area contributed by atoms with E-state index >= 15 is 0 Å². The molecule has 470 valence electrons. The van der Waals surface area contributed by atoms with E-state index in [1.54, 1.807) is 0 Å². The van der Waals surface area contributed by atoms with Crippen molar-refractivity contribution >= 4 is 0 Å². The van der Waals surface area contributed by atoms with Crippen molar-refractivity contribution < 1.29 is 0 Å². The van der Waals surface area contributed by atoms with Gasteiger partial charge >= 0.3 is 0 Å². The summed E-state index contributed by atoms with van der Waals surface area (Å²) in [5.41, 5.74) is 24.2. The van der Waals surface area contributed by atoms with Crippen molar-refractivity contribution in [1.29, 1.82) is 0 Å². The monoisotopic (exact) mass is 1260 g/mol. The average Bonchev–Trinajstić information content (AvgIpc) is 0.710. The smallest absolute Gasteiger partial charge is 0.163 e. The van der Waals surface area contributed by atoms with E-state index in [-0.39, 0.29) is 22.7 Å². The van der Waals surface area contributed by atoms with Crippen molar-refractivity contribution in [2.45, 2.75) is 87.4 Å². The highest BCUT2D eigenvalue weighted by Crippen LogP contribution is 2.64. The summed E-state index contributed by atoms with van der Waals surface area (Å²) >= 11 is 0. The Morgan fingerprint density at radius 2 is 0.633 bits per heavy atom. The third-order valence-electron chi connectivity index (χ3n) is 22.5. The highest BCUT2D eigenvalue weighted by atomic mass is 15.1. The maximum atomic E-state index is 5.77. The number of aromatic nitrogens is 6. The Hall–Kier alpha value is -11.3. The predicted octanol–water partition coefficient (Wildman–Crippen LogP) is 21.0. The Morgan fingerprint density at radius 1 is 0.286 bits per heavy atom. The van der Waals surface area contributed by atoms with Crippen molar-refractivity contribution in [2.75, 3.05) is 0 Å². The summed E-state index contributed by atoms with van der Waals surface area (Å²) in [6.45, 7) is 16.2. The minimum absolute atomic E-state index is 0.0222. The van der Waals surface area contributed by atoms with E-state index in [0.29, 0.717) is 29.1 Å². The van der Waals surface area contributed by atoms with E-state index in [0.717, 1.165) is 55.9 Å². The Balaban J connectivity index is 0.762.